The first-order chi connectivity index (χ1) is 10.5. The van der Waals surface area contributed by atoms with Crippen LogP contribution < -0.4 is 5.32 Å². The largest absolute Gasteiger partial charge is 0.338 e. The zero-order chi connectivity index (χ0) is 15.7. The van der Waals surface area contributed by atoms with E-state index in [1.165, 1.54) is 0 Å². The number of hydrogen-bond donors (Lipinski definition) is 1. The van der Waals surface area contributed by atoms with Gasteiger partial charge in [0.2, 0.25) is 5.28 Å². The standard InChI is InChI=1S/C15H15Cl2N5/c1-9(2)7-22-8-18-12-13(20-15(17)21-14(12)22)19-11-5-3-10(16)4-6-11/h3-6,8-9H,7H2,1-2H3,(H,19,20,21). The molecule has 22 heavy (non-hydrogen) atoms. The molecule has 0 amide bonds. The second-order valence-electron chi connectivity index (χ2n) is 5.44. The van der Waals surface area contributed by atoms with Crippen LogP contribution in [0.15, 0.2) is 30.6 Å². The maximum absolute atomic E-state index is 6.06. The Morgan fingerprint density at radius 3 is 2.55 bits per heavy atom. The van der Waals surface area contributed by atoms with E-state index in [0.29, 0.717) is 22.3 Å². The number of anilines is 2. The fourth-order valence-corrected chi connectivity index (χ4v) is 2.49. The average molecular weight is 336 g/mol. The molecule has 2 heterocycles. The summed E-state index contributed by atoms with van der Waals surface area (Å²) in [5, 5.41) is 4.08. The van der Waals surface area contributed by atoms with E-state index < -0.39 is 0 Å². The molecule has 3 aromatic rings. The van der Waals surface area contributed by atoms with Gasteiger partial charge in [-0.05, 0) is 41.8 Å². The van der Waals surface area contributed by atoms with E-state index >= 15 is 0 Å². The highest BCUT2D eigenvalue weighted by molar-refractivity contribution is 6.30. The SMILES string of the molecule is CC(C)Cn1cnc2c(Nc3ccc(Cl)cc3)nc(Cl)nc21. The van der Waals surface area contributed by atoms with E-state index in [9.17, 15) is 0 Å². The van der Waals surface area contributed by atoms with Gasteiger partial charge in [0.1, 0.15) is 0 Å². The Morgan fingerprint density at radius 2 is 1.86 bits per heavy atom. The molecule has 0 bridgehead atoms. The summed E-state index contributed by atoms with van der Waals surface area (Å²) in [6.45, 7) is 5.10. The summed E-state index contributed by atoms with van der Waals surface area (Å²) in [5.74, 6) is 1.07. The fraction of sp³-hybridized carbons (Fsp3) is 0.267. The van der Waals surface area contributed by atoms with Gasteiger partial charge in [-0.2, -0.15) is 9.97 Å². The molecule has 0 aliphatic rings. The van der Waals surface area contributed by atoms with Gasteiger partial charge in [-0.25, -0.2) is 4.98 Å². The van der Waals surface area contributed by atoms with Crippen molar-refractivity contribution in [1.82, 2.24) is 19.5 Å². The molecular weight excluding hydrogens is 321 g/mol. The number of nitrogens with zero attached hydrogens (tertiary/aromatic N) is 4. The van der Waals surface area contributed by atoms with Crippen LogP contribution in [0.2, 0.25) is 10.3 Å². The van der Waals surface area contributed by atoms with Crippen molar-refractivity contribution in [2.75, 3.05) is 5.32 Å². The molecule has 1 N–H and O–H groups in total. The first kappa shape index (κ1) is 15.1. The van der Waals surface area contributed by atoms with Gasteiger partial charge in [0.15, 0.2) is 17.0 Å². The highest BCUT2D eigenvalue weighted by Crippen LogP contribution is 2.25. The maximum Gasteiger partial charge on any atom is 0.226 e. The summed E-state index contributed by atoms with van der Waals surface area (Å²) in [4.78, 5) is 13.0. The van der Waals surface area contributed by atoms with E-state index in [2.05, 4.69) is 34.1 Å². The topological polar surface area (TPSA) is 55.6 Å². The van der Waals surface area contributed by atoms with Gasteiger partial charge in [0.05, 0.1) is 6.33 Å². The molecule has 0 radical (unpaired) electrons. The first-order valence-electron chi connectivity index (χ1n) is 6.94. The van der Waals surface area contributed by atoms with Gasteiger partial charge in [-0.1, -0.05) is 25.4 Å². The Labute approximate surface area is 138 Å². The summed E-state index contributed by atoms with van der Waals surface area (Å²) < 4.78 is 1.99. The fourth-order valence-electron chi connectivity index (χ4n) is 2.20. The minimum absolute atomic E-state index is 0.189. The number of aromatic nitrogens is 4. The Kier molecular flexibility index (Phi) is 4.18. The molecular formula is C15H15Cl2N5. The van der Waals surface area contributed by atoms with Crippen LogP contribution in [0.5, 0.6) is 0 Å². The quantitative estimate of drug-likeness (QED) is 0.711. The summed E-state index contributed by atoms with van der Waals surface area (Å²) in [5.41, 5.74) is 2.28. The van der Waals surface area contributed by atoms with Gasteiger partial charge in [-0.3, -0.25) is 0 Å². The Morgan fingerprint density at radius 1 is 1.14 bits per heavy atom. The van der Waals surface area contributed by atoms with Crippen molar-refractivity contribution in [2.45, 2.75) is 20.4 Å². The number of hydrogen-bond acceptors (Lipinski definition) is 4. The van der Waals surface area contributed by atoms with E-state index in [-0.39, 0.29) is 5.28 Å². The average Bonchev–Trinajstić information content (AvgIpc) is 2.84. The van der Waals surface area contributed by atoms with Crippen LogP contribution in [0.1, 0.15) is 13.8 Å². The lowest BCUT2D eigenvalue weighted by Crippen LogP contribution is -2.05. The maximum atomic E-state index is 6.06. The summed E-state index contributed by atoms with van der Waals surface area (Å²) in [7, 11) is 0. The number of imidazole rings is 1. The normalized spacial score (nSPS) is 11.3. The molecule has 0 aliphatic heterocycles. The Balaban J connectivity index is 2.02. The predicted octanol–water partition coefficient (Wildman–Crippen LogP) is 4.53. The number of nitrogens with one attached hydrogen (secondary N) is 1. The summed E-state index contributed by atoms with van der Waals surface area (Å²) in [6, 6.07) is 7.35. The van der Waals surface area contributed by atoms with E-state index in [1.54, 1.807) is 18.5 Å². The van der Waals surface area contributed by atoms with Gasteiger partial charge in [0.25, 0.3) is 0 Å². The van der Waals surface area contributed by atoms with Gasteiger partial charge in [0, 0.05) is 17.3 Å². The van der Waals surface area contributed by atoms with Crippen LogP contribution in [-0.4, -0.2) is 19.5 Å². The summed E-state index contributed by atoms with van der Waals surface area (Å²) in [6.07, 6.45) is 1.77. The highest BCUT2D eigenvalue weighted by atomic mass is 35.5. The molecule has 3 rings (SSSR count). The molecule has 1 aromatic carbocycles. The van der Waals surface area contributed by atoms with Crippen LogP contribution in [-0.2, 0) is 6.54 Å². The Bertz CT molecular complexity index is 796. The minimum atomic E-state index is 0.189. The second-order valence-corrected chi connectivity index (χ2v) is 6.21. The van der Waals surface area contributed by atoms with Crippen molar-refractivity contribution in [3.05, 3.63) is 40.9 Å². The van der Waals surface area contributed by atoms with Gasteiger partial charge >= 0.3 is 0 Å². The van der Waals surface area contributed by atoms with Crippen molar-refractivity contribution in [1.29, 1.82) is 0 Å². The van der Waals surface area contributed by atoms with Crippen LogP contribution >= 0.6 is 23.2 Å². The van der Waals surface area contributed by atoms with Gasteiger partial charge in [-0.15, -0.1) is 0 Å². The molecule has 0 unspecified atom stereocenters. The van der Waals surface area contributed by atoms with Gasteiger partial charge < -0.3 is 9.88 Å². The van der Waals surface area contributed by atoms with E-state index in [0.717, 1.165) is 17.9 Å². The van der Waals surface area contributed by atoms with Crippen LogP contribution in [0.4, 0.5) is 11.5 Å². The third-order valence-electron chi connectivity index (χ3n) is 3.11. The lowest BCUT2D eigenvalue weighted by molar-refractivity contribution is 0.530. The number of benzene rings is 1. The lowest BCUT2D eigenvalue weighted by Gasteiger charge is -2.09. The Hall–Kier alpha value is -1.85. The molecule has 0 spiro atoms. The van der Waals surface area contributed by atoms with Crippen molar-refractivity contribution in [3.63, 3.8) is 0 Å². The number of fused-ring (bicyclic) bond motifs is 1. The number of rotatable bonds is 4. The first-order valence-corrected chi connectivity index (χ1v) is 7.69. The van der Waals surface area contributed by atoms with Crippen molar-refractivity contribution in [2.24, 2.45) is 5.92 Å². The van der Waals surface area contributed by atoms with E-state index in [1.807, 2.05) is 16.7 Å². The third-order valence-corrected chi connectivity index (χ3v) is 3.53. The molecule has 0 atom stereocenters. The zero-order valence-electron chi connectivity index (χ0n) is 12.2. The molecule has 0 aliphatic carbocycles. The van der Waals surface area contributed by atoms with Crippen molar-refractivity contribution in [3.8, 4) is 0 Å². The molecule has 7 heteroatoms. The molecule has 5 nitrogen and oxygen atoms in total. The van der Waals surface area contributed by atoms with Crippen molar-refractivity contribution < 1.29 is 0 Å². The van der Waals surface area contributed by atoms with Crippen molar-refractivity contribution >= 4 is 45.9 Å². The second kappa shape index (κ2) is 6.10. The van der Waals surface area contributed by atoms with Crippen LogP contribution in [0.25, 0.3) is 11.2 Å². The lowest BCUT2D eigenvalue weighted by atomic mass is 10.2. The molecule has 114 valence electrons. The highest BCUT2D eigenvalue weighted by Gasteiger charge is 2.13. The zero-order valence-corrected chi connectivity index (χ0v) is 13.7. The molecule has 0 saturated carbocycles. The number of halogens is 2. The molecule has 0 saturated heterocycles. The third kappa shape index (κ3) is 3.15. The molecule has 0 fully saturated rings. The van der Waals surface area contributed by atoms with E-state index in [4.69, 9.17) is 23.2 Å². The smallest absolute Gasteiger partial charge is 0.226 e. The predicted molar refractivity (Wildman–Crippen MR) is 89.9 cm³/mol. The summed E-state index contributed by atoms with van der Waals surface area (Å²) >= 11 is 12.0. The minimum Gasteiger partial charge on any atom is -0.338 e. The monoisotopic (exact) mass is 335 g/mol. The molecule has 2 aromatic heterocycles. The van der Waals surface area contributed by atoms with Crippen LogP contribution in [0, 0.1) is 5.92 Å². The van der Waals surface area contributed by atoms with Crippen LogP contribution in [0.3, 0.4) is 0 Å².